The zero-order valence-electron chi connectivity index (χ0n) is 18.1. The van der Waals surface area contributed by atoms with Crippen LogP contribution in [0.2, 0.25) is 5.02 Å². The van der Waals surface area contributed by atoms with Gasteiger partial charge in [-0.1, -0.05) is 11.6 Å². The van der Waals surface area contributed by atoms with E-state index in [1.807, 2.05) is 13.0 Å². The van der Waals surface area contributed by atoms with Crippen molar-refractivity contribution in [3.05, 3.63) is 81.5 Å². The van der Waals surface area contributed by atoms with Crippen LogP contribution in [0.15, 0.2) is 69.6 Å². The lowest BCUT2D eigenvalue weighted by molar-refractivity contribution is -0.137. The van der Waals surface area contributed by atoms with Crippen molar-refractivity contribution in [2.24, 2.45) is 0 Å². The van der Waals surface area contributed by atoms with Crippen LogP contribution in [0.3, 0.4) is 0 Å². The fraction of sp³-hybridized carbons (Fsp3) is 0.167. The van der Waals surface area contributed by atoms with E-state index in [9.17, 15) is 23.2 Å². The summed E-state index contributed by atoms with van der Waals surface area (Å²) in [5.41, 5.74) is -0.477. The number of nitrogens with one attached hydrogen (secondary N) is 1. The number of halogens is 4. The quantitative estimate of drug-likeness (QED) is 0.386. The Labute approximate surface area is 208 Å². The summed E-state index contributed by atoms with van der Waals surface area (Å²) >= 11 is 10.6. The summed E-state index contributed by atoms with van der Waals surface area (Å²) in [6, 6.07) is 14.6. The molecular formula is C24H17ClF3N3O3S. The first-order chi connectivity index (χ1) is 16.6. The molecule has 6 nitrogen and oxygen atoms in total. The lowest BCUT2D eigenvalue weighted by Gasteiger charge is -2.36. The van der Waals surface area contributed by atoms with Gasteiger partial charge >= 0.3 is 6.18 Å². The number of amides is 1. The van der Waals surface area contributed by atoms with Crippen molar-refractivity contribution < 1.29 is 27.1 Å². The summed E-state index contributed by atoms with van der Waals surface area (Å²) in [7, 11) is 0. The summed E-state index contributed by atoms with van der Waals surface area (Å²) < 4.78 is 50.9. The Morgan fingerprint density at radius 3 is 2.54 bits per heavy atom. The van der Waals surface area contributed by atoms with Crippen molar-refractivity contribution in [3.63, 3.8) is 0 Å². The number of ether oxygens (including phenoxy) is 1. The molecule has 0 spiro atoms. The van der Waals surface area contributed by atoms with Crippen LogP contribution in [0.5, 0.6) is 5.75 Å². The van der Waals surface area contributed by atoms with Crippen LogP contribution in [0.4, 0.5) is 18.9 Å². The van der Waals surface area contributed by atoms with E-state index in [1.54, 1.807) is 29.2 Å². The zero-order valence-corrected chi connectivity index (χ0v) is 19.7. The minimum atomic E-state index is -4.56. The molecule has 2 heterocycles. The molecule has 35 heavy (non-hydrogen) atoms. The topological polar surface area (TPSA) is 78.5 Å². The number of carbonyl (C=O) groups is 1. The fourth-order valence-corrected chi connectivity index (χ4v) is 4.17. The minimum absolute atomic E-state index is 0.0434. The van der Waals surface area contributed by atoms with Crippen molar-refractivity contribution in [3.8, 4) is 23.1 Å². The van der Waals surface area contributed by atoms with Gasteiger partial charge in [-0.05, 0) is 61.5 Å². The molecule has 0 radical (unpaired) electrons. The van der Waals surface area contributed by atoms with Gasteiger partial charge in [-0.15, -0.1) is 12.6 Å². The van der Waals surface area contributed by atoms with Crippen molar-refractivity contribution in [1.82, 2.24) is 5.32 Å². The number of anilines is 1. The number of carbonyl (C=O) groups excluding carboxylic acids is 1. The van der Waals surface area contributed by atoms with Crippen molar-refractivity contribution in [1.29, 1.82) is 5.26 Å². The van der Waals surface area contributed by atoms with Gasteiger partial charge in [0, 0.05) is 11.3 Å². The highest BCUT2D eigenvalue weighted by atomic mass is 35.5. The normalized spacial score (nSPS) is 16.2. The Kier molecular flexibility index (Phi) is 6.74. The summed E-state index contributed by atoms with van der Waals surface area (Å²) in [5, 5.41) is 12.3. The fourth-order valence-electron chi connectivity index (χ4n) is 3.58. The average Bonchev–Trinajstić information content (AvgIpc) is 3.29. The molecule has 180 valence electrons. The number of benzene rings is 2. The van der Waals surface area contributed by atoms with Crippen LogP contribution in [-0.2, 0) is 11.0 Å². The Bertz CT molecular complexity index is 1350. The summed E-state index contributed by atoms with van der Waals surface area (Å²) in [5.74, 6) is 0.227. The molecule has 1 amide bonds. The molecule has 1 aromatic heterocycles. The number of alkyl halides is 3. The molecule has 1 aliphatic rings. The SMILES string of the molecule is CCOc1ccc(N2C(S)=C(C#N)C(=O)NC2c2ccc(-c3cc(C(F)(F)F)ccc3Cl)o2)cc1. The van der Waals surface area contributed by atoms with E-state index in [0.717, 1.165) is 18.2 Å². The van der Waals surface area contributed by atoms with Crippen molar-refractivity contribution in [2.45, 2.75) is 19.3 Å². The van der Waals surface area contributed by atoms with Gasteiger partial charge in [0.15, 0.2) is 6.17 Å². The van der Waals surface area contributed by atoms with E-state index in [4.69, 9.17) is 20.8 Å². The Morgan fingerprint density at radius 2 is 1.91 bits per heavy atom. The van der Waals surface area contributed by atoms with Gasteiger partial charge in [0.05, 0.1) is 22.2 Å². The number of hydrogen-bond donors (Lipinski definition) is 2. The third-order valence-corrected chi connectivity index (χ3v) is 5.97. The molecule has 1 unspecified atom stereocenters. The maximum atomic E-state index is 13.2. The van der Waals surface area contributed by atoms with Crippen molar-refractivity contribution >= 4 is 35.8 Å². The Balaban J connectivity index is 1.77. The highest BCUT2D eigenvalue weighted by molar-refractivity contribution is 7.84. The first-order valence-electron chi connectivity index (χ1n) is 10.3. The van der Waals surface area contributed by atoms with Crippen LogP contribution >= 0.6 is 24.2 Å². The van der Waals surface area contributed by atoms with Gasteiger partial charge in [-0.25, -0.2) is 0 Å². The number of rotatable bonds is 5. The second kappa shape index (κ2) is 9.60. The van der Waals surface area contributed by atoms with Gasteiger partial charge in [0.2, 0.25) is 0 Å². The van der Waals surface area contributed by atoms with E-state index in [0.29, 0.717) is 18.0 Å². The third kappa shape index (κ3) is 4.83. The van der Waals surface area contributed by atoms with E-state index in [-0.39, 0.29) is 32.7 Å². The maximum absolute atomic E-state index is 13.2. The van der Waals surface area contributed by atoms with E-state index in [2.05, 4.69) is 17.9 Å². The van der Waals surface area contributed by atoms with Crippen LogP contribution in [-0.4, -0.2) is 12.5 Å². The molecule has 0 saturated carbocycles. The lowest BCUT2D eigenvalue weighted by atomic mass is 10.1. The van der Waals surface area contributed by atoms with Crippen LogP contribution in [0.1, 0.15) is 24.4 Å². The maximum Gasteiger partial charge on any atom is 0.416 e. The zero-order chi connectivity index (χ0) is 25.3. The first kappa shape index (κ1) is 24.6. The molecule has 1 atom stereocenters. The van der Waals surface area contributed by atoms with E-state index < -0.39 is 23.8 Å². The predicted octanol–water partition coefficient (Wildman–Crippen LogP) is 6.32. The molecule has 2 aromatic carbocycles. The molecule has 0 bridgehead atoms. The summed E-state index contributed by atoms with van der Waals surface area (Å²) in [6.45, 7) is 2.33. The Morgan fingerprint density at radius 1 is 1.20 bits per heavy atom. The van der Waals surface area contributed by atoms with Gasteiger partial charge < -0.3 is 19.4 Å². The molecule has 0 fully saturated rings. The third-order valence-electron chi connectivity index (χ3n) is 5.20. The molecule has 1 N–H and O–H groups in total. The lowest BCUT2D eigenvalue weighted by Crippen LogP contribution is -2.45. The van der Waals surface area contributed by atoms with Crippen LogP contribution in [0.25, 0.3) is 11.3 Å². The summed E-state index contributed by atoms with van der Waals surface area (Å²) in [6.07, 6.45) is -5.50. The number of nitrogens with zero attached hydrogens (tertiary/aromatic N) is 2. The van der Waals surface area contributed by atoms with Crippen LogP contribution < -0.4 is 15.0 Å². The molecule has 1 aliphatic heterocycles. The van der Waals surface area contributed by atoms with Gasteiger partial charge in [-0.3, -0.25) is 4.79 Å². The number of nitriles is 1. The largest absolute Gasteiger partial charge is 0.494 e. The van der Waals surface area contributed by atoms with E-state index >= 15 is 0 Å². The standard InChI is InChI=1S/C24H17ClF3N3O3S/c1-2-33-15-6-4-14(5-7-15)31-21(30-22(32)17(12-29)23(31)35)20-10-9-19(34-20)16-11-13(24(26,27)28)3-8-18(16)25/h3-11,21,35H,2H2,1H3,(H,30,32). The van der Waals surface area contributed by atoms with Gasteiger partial charge in [-0.2, -0.15) is 18.4 Å². The second-order valence-corrected chi connectivity index (χ2v) is 8.21. The van der Waals surface area contributed by atoms with Gasteiger partial charge in [0.25, 0.3) is 5.91 Å². The molecule has 4 rings (SSSR count). The smallest absolute Gasteiger partial charge is 0.416 e. The predicted molar refractivity (Wildman–Crippen MR) is 127 cm³/mol. The number of hydrogen-bond acceptors (Lipinski definition) is 6. The molecule has 11 heteroatoms. The molecule has 0 aliphatic carbocycles. The number of thiol groups is 1. The first-order valence-corrected chi connectivity index (χ1v) is 11.1. The number of furan rings is 1. The molecule has 0 saturated heterocycles. The average molecular weight is 520 g/mol. The summed E-state index contributed by atoms with van der Waals surface area (Å²) in [4.78, 5) is 14.1. The van der Waals surface area contributed by atoms with Gasteiger partial charge in [0.1, 0.15) is 28.9 Å². The molecular weight excluding hydrogens is 503 g/mol. The van der Waals surface area contributed by atoms with Crippen molar-refractivity contribution in [2.75, 3.05) is 11.5 Å². The minimum Gasteiger partial charge on any atom is -0.494 e. The Hall–Kier alpha value is -3.55. The van der Waals surface area contributed by atoms with E-state index in [1.165, 1.54) is 12.1 Å². The second-order valence-electron chi connectivity index (χ2n) is 7.38. The monoisotopic (exact) mass is 519 g/mol. The highest BCUT2D eigenvalue weighted by Crippen LogP contribution is 2.40. The molecule has 3 aromatic rings. The van der Waals surface area contributed by atoms with Crippen LogP contribution in [0, 0.1) is 11.3 Å². The highest BCUT2D eigenvalue weighted by Gasteiger charge is 2.36.